The summed E-state index contributed by atoms with van der Waals surface area (Å²) < 4.78 is 0. The molecule has 2 rings (SSSR count). The molecule has 20 heavy (non-hydrogen) atoms. The number of nitrogens with zero attached hydrogens (tertiary/aromatic N) is 1. The van der Waals surface area contributed by atoms with Crippen LogP contribution in [0.1, 0.15) is 78.6 Å². The lowest BCUT2D eigenvalue weighted by molar-refractivity contribution is 0.0602. The molecule has 0 aromatic rings. The quantitative estimate of drug-likeness (QED) is 0.830. The number of hydrogen-bond acceptors (Lipinski definition) is 2. The Hall–Kier alpha value is -0.0800. The van der Waals surface area contributed by atoms with Gasteiger partial charge in [0.2, 0.25) is 0 Å². The molecular formula is C18H36N2. The molecular weight excluding hydrogens is 244 g/mol. The van der Waals surface area contributed by atoms with Crippen LogP contribution in [-0.4, -0.2) is 36.1 Å². The fourth-order valence-corrected chi connectivity index (χ4v) is 4.21. The summed E-state index contributed by atoms with van der Waals surface area (Å²) in [6.07, 6.45) is 12.9. The molecule has 2 nitrogen and oxygen atoms in total. The average Bonchev–Trinajstić information content (AvgIpc) is 2.37. The van der Waals surface area contributed by atoms with Crippen LogP contribution in [-0.2, 0) is 0 Å². The summed E-state index contributed by atoms with van der Waals surface area (Å²) in [5.74, 6) is 0.810. The van der Waals surface area contributed by atoms with Gasteiger partial charge in [-0.3, -0.25) is 4.90 Å². The van der Waals surface area contributed by atoms with Gasteiger partial charge >= 0.3 is 0 Å². The Morgan fingerprint density at radius 2 is 1.70 bits per heavy atom. The molecule has 0 radical (unpaired) electrons. The van der Waals surface area contributed by atoms with E-state index in [4.69, 9.17) is 0 Å². The lowest BCUT2D eigenvalue weighted by atomic mass is 9.91. The van der Waals surface area contributed by atoms with Crippen LogP contribution in [0.25, 0.3) is 0 Å². The van der Waals surface area contributed by atoms with Crippen LogP contribution in [0.4, 0.5) is 0 Å². The van der Waals surface area contributed by atoms with E-state index in [9.17, 15) is 0 Å². The van der Waals surface area contributed by atoms with Crippen molar-refractivity contribution in [3.8, 4) is 0 Å². The first-order valence-electron chi connectivity index (χ1n) is 9.19. The van der Waals surface area contributed by atoms with E-state index in [0.29, 0.717) is 0 Å². The van der Waals surface area contributed by atoms with Gasteiger partial charge in [-0.25, -0.2) is 0 Å². The molecule has 1 saturated carbocycles. The second kappa shape index (κ2) is 8.38. The van der Waals surface area contributed by atoms with Crippen molar-refractivity contribution in [1.82, 2.24) is 10.2 Å². The summed E-state index contributed by atoms with van der Waals surface area (Å²) in [6, 6.07) is 2.38. The summed E-state index contributed by atoms with van der Waals surface area (Å²) in [4.78, 5) is 2.90. The largest absolute Gasteiger partial charge is 0.311 e. The highest BCUT2D eigenvalue weighted by molar-refractivity contribution is 4.90. The van der Waals surface area contributed by atoms with Gasteiger partial charge in [-0.2, -0.15) is 0 Å². The smallest absolute Gasteiger partial charge is 0.0221 e. The summed E-state index contributed by atoms with van der Waals surface area (Å²) in [7, 11) is 0. The van der Waals surface area contributed by atoms with Crippen molar-refractivity contribution in [1.29, 1.82) is 0 Å². The van der Waals surface area contributed by atoms with Crippen molar-refractivity contribution in [2.75, 3.05) is 13.1 Å². The third-order valence-corrected chi connectivity index (χ3v) is 5.31. The molecule has 2 unspecified atom stereocenters. The molecule has 0 spiro atoms. The number of piperazine rings is 1. The molecule has 2 atom stereocenters. The number of hydrogen-bond donors (Lipinski definition) is 1. The van der Waals surface area contributed by atoms with E-state index in [1.807, 2.05) is 0 Å². The average molecular weight is 280 g/mol. The Labute approximate surface area is 126 Å². The highest BCUT2D eigenvalue weighted by atomic mass is 15.3. The molecule has 2 heteroatoms. The molecule has 118 valence electrons. The molecule has 0 aromatic carbocycles. The highest BCUT2D eigenvalue weighted by Crippen LogP contribution is 2.26. The zero-order valence-electron chi connectivity index (χ0n) is 14.0. The SMILES string of the molecule is CCC1CNC(CC(C)C)CN1C1CCCCCCC1. The number of rotatable bonds is 4. The first kappa shape index (κ1) is 16.3. The zero-order chi connectivity index (χ0) is 14.4. The molecule has 2 aliphatic rings. The Kier molecular flexibility index (Phi) is 6.83. The van der Waals surface area contributed by atoms with Gasteiger partial charge in [-0.15, -0.1) is 0 Å². The van der Waals surface area contributed by atoms with Gasteiger partial charge in [0, 0.05) is 31.2 Å². The molecule has 1 saturated heterocycles. The van der Waals surface area contributed by atoms with Crippen molar-refractivity contribution in [3.63, 3.8) is 0 Å². The molecule has 0 amide bonds. The van der Waals surface area contributed by atoms with Crippen LogP contribution >= 0.6 is 0 Å². The zero-order valence-corrected chi connectivity index (χ0v) is 14.0. The summed E-state index contributed by atoms with van der Waals surface area (Å²) >= 11 is 0. The first-order valence-corrected chi connectivity index (χ1v) is 9.19. The molecule has 0 bridgehead atoms. The maximum atomic E-state index is 3.81. The van der Waals surface area contributed by atoms with Crippen LogP contribution in [0, 0.1) is 5.92 Å². The van der Waals surface area contributed by atoms with Gasteiger partial charge < -0.3 is 5.32 Å². The van der Waals surface area contributed by atoms with Crippen LogP contribution in [0.2, 0.25) is 0 Å². The fraction of sp³-hybridized carbons (Fsp3) is 1.00. The van der Waals surface area contributed by atoms with Crippen molar-refractivity contribution >= 4 is 0 Å². The first-order chi connectivity index (χ1) is 9.70. The molecule has 1 heterocycles. The maximum absolute atomic E-state index is 3.81. The minimum atomic E-state index is 0.725. The fourth-order valence-electron chi connectivity index (χ4n) is 4.21. The minimum absolute atomic E-state index is 0.725. The lowest BCUT2D eigenvalue weighted by Crippen LogP contribution is -2.59. The molecule has 0 aromatic heterocycles. The Bertz CT molecular complexity index is 256. The third kappa shape index (κ3) is 4.73. The van der Waals surface area contributed by atoms with E-state index < -0.39 is 0 Å². The van der Waals surface area contributed by atoms with Crippen molar-refractivity contribution in [3.05, 3.63) is 0 Å². The predicted octanol–water partition coefficient (Wildman–Crippen LogP) is 4.20. The second-order valence-corrected chi connectivity index (χ2v) is 7.49. The van der Waals surface area contributed by atoms with Gasteiger partial charge in [0.1, 0.15) is 0 Å². The summed E-state index contributed by atoms with van der Waals surface area (Å²) in [5.41, 5.74) is 0. The molecule has 2 fully saturated rings. The summed E-state index contributed by atoms with van der Waals surface area (Å²) in [6.45, 7) is 9.58. The third-order valence-electron chi connectivity index (χ3n) is 5.31. The Balaban J connectivity index is 1.95. The Morgan fingerprint density at radius 1 is 1.05 bits per heavy atom. The summed E-state index contributed by atoms with van der Waals surface area (Å²) in [5, 5.41) is 3.81. The van der Waals surface area contributed by atoms with E-state index in [1.165, 1.54) is 70.9 Å². The highest BCUT2D eigenvalue weighted by Gasteiger charge is 2.31. The van der Waals surface area contributed by atoms with Gasteiger partial charge in [0.15, 0.2) is 0 Å². The Morgan fingerprint density at radius 3 is 2.30 bits per heavy atom. The topological polar surface area (TPSA) is 15.3 Å². The monoisotopic (exact) mass is 280 g/mol. The minimum Gasteiger partial charge on any atom is -0.311 e. The van der Waals surface area contributed by atoms with Gasteiger partial charge in [-0.1, -0.05) is 52.9 Å². The van der Waals surface area contributed by atoms with Gasteiger partial charge in [0.25, 0.3) is 0 Å². The van der Waals surface area contributed by atoms with E-state index in [1.54, 1.807) is 0 Å². The molecule has 1 N–H and O–H groups in total. The van der Waals surface area contributed by atoms with Crippen LogP contribution in [0.5, 0.6) is 0 Å². The number of nitrogens with one attached hydrogen (secondary N) is 1. The second-order valence-electron chi connectivity index (χ2n) is 7.49. The van der Waals surface area contributed by atoms with Crippen molar-refractivity contribution in [2.45, 2.75) is 96.7 Å². The molecule has 1 aliphatic carbocycles. The maximum Gasteiger partial charge on any atom is 0.0221 e. The lowest BCUT2D eigenvalue weighted by Gasteiger charge is -2.45. The van der Waals surface area contributed by atoms with E-state index >= 15 is 0 Å². The predicted molar refractivity (Wildman–Crippen MR) is 88.1 cm³/mol. The van der Waals surface area contributed by atoms with Gasteiger partial charge in [-0.05, 0) is 31.6 Å². The van der Waals surface area contributed by atoms with Gasteiger partial charge in [0.05, 0.1) is 0 Å². The van der Waals surface area contributed by atoms with E-state index in [-0.39, 0.29) is 0 Å². The normalized spacial score (nSPS) is 31.2. The standard InChI is InChI=1S/C18H36N2/c1-4-17-13-19-16(12-15(2)3)14-20(17)18-10-8-6-5-7-9-11-18/h15-19H,4-14H2,1-3H3. The van der Waals surface area contributed by atoms with Crippen molar-refractivity contribution in [2.24, 2.45) is 5.92 Å². The molecule has 1 aliphatic heterocycles. The van der Waals surface area contributed by atoms with Crippen LogP contribution in [0.15, 0.2) is 0 Å². The van der Waals surface area contributed by atoms with E-state index in [0.717, 1.165) is 24.0 Å². The van der Waals surface area contributed by atoms with Crippen molar-refractivity contribution < 1.29 is 0 Å². The van der Waals surface area contributed by atoms with Crippen LogP contribution in [0.3, 0.4) is 0 Å². The van der Waals surface area contributed by atoms with Crippen LogP contribution < -0.4 is 5.32 Å². The van der Waals surface area contributed by atoms with E-state index in [2.05, 4.69) is 31.0 Å².